The lowest BCUT2D eigenvalue weighted by molar-refractivity contribution is -0.167. The number of hydrogen-bond acceptors (Lipinski definition) is 6. The SMILES string of the molecule is CCCCCCCCCCCCCCCCCCC(=O)OC[C@H](COC(=O)CCCCCCCCCCCCCCCC)OC(=O)CCCCCCCCCCCCCCCCCC(C)C. The highest BCUT2D eigenvalue weighted by molar-refractivity contribution is 5.71. The van der Waals surface area contributed by atoms with Crippen LogP contribution in [0.25, 0.3) is 0 Å². The molecular weight excluding hydrogens is 817 g/mol. The van der Waals surface area contributed by atoms with E-state index in [4.69, 9.17) is 14.2 Å². The lowest BCUT2D eigenvalue weighted by Crippen LogP contribution is -2.30. The molecule has 0 aromatic rings. The molecule has 0 spiro atoms. The number of carbonyl (C=O) groups is 3. The summed E-state index contributed by atoms with van der Waals surface area (Å²) < 4.78 is 16.9. The predicted octanol–water partition coefficient (Wildman–Crippen LogP) is 19.8. The smallest absolute Gasteiger partial charge is 0.306 e. The van der Waals surface area contributed by atoms with Crippen molar-refractivity contribution in [1.82, 2.24) is 0 Å². The summed E-state index contributed by atoms with van der Waals surface area (Å²) in [4.78, 5) is 38.2. The van der Waals surface area contributed by atoms with Crippen LogP contribution < -0.4 is 0 Å². The third kappa shape index (κ3) is 53.4. The van der Waals surface area contributed by atoms with E-state index in [9.17, 15) is 14.4 Å². The molecule has 0 aromatic heterocycles. The second-order valence-electron chi connectivity index (χ2n) is 21.1. The fourth-order valence-corrected chi connectivity index (χ4v) is 9.28. The van der Waals surface area contributed by atoms with Gasteiger partial charge in [0.1, 0.15) is 13.2 Å². The van der Waals surface area contributed by atoms with E-state index in [1.807, 2.05) is 0 Å². The number of esters is 3. The van der Waals surface area contributed by atoms with Crippen LogP contribution in [0.5, 0.6) is 0 Å². The van der Waals surface area contributed by atoms with Crippen molar-refractivity contribution in [3.63, 3.8) is 0 Å². The Morgan fingerprint density at radius 3 is 0.742 bits per heavy atom. The zero-order valence-electron chi connectivity index (χ0n) is 45.2. The van der Waals surface area contributed by atoms with Crippen LogP contribution >= 0.6 is 0 Å². The maximum Gasteiger partial charge on any atom is 0.306 e. The molecule has 0 heterocycles. The molecule has 0 saturated heterocycles. The Bertz CT molecular complexity index is 996. The first kappa shape index (κ1) is 64.4. The van der Waals surface area contributed by atoms with Crippen LogP contribution in [0.4, 0.5) is 0 Å². The minimum absolute atomic E-state index is 0.0615. The normalized spacial score (nSPS) is 12.0. The van der Waals surface area contributed by atoms with Gasteiger partial charge in [0.2, 0.25) is 0 Å². The summed E-state index contributed by atoms with van der Waals surface area (Å²) in [6.07, 6.45) is 59.5. The molecule has 0 amide bonds. The third-order valence-corrected chi connectivity index (χ3v) is 13.8. The molecule has 392 valence electrons. The number of unbranched alkanes of at least 4 members (excludes halogenated alkanes) is 42. The van der Waals surface area contributed by atoms with E-state index in [0.717, 1.165) is 63.7 Å². The van der Waals surface area contributed by atoms with Crippen LogP contribution in [0.15, 0.2) is 0 Å². The summed E-state index contributed by atoms with van der Waals surface area (Å²) in [5.41, 5.74) is 0. The van der Waals surface area contributed by atoms with E-state index in [-0.39, 0.29) is 31.1 Å². The molecular formula is C60H116O6. The zero-order valence-corrected chi connectivity index (χ0v) is 45.2. The highest BCUT2D eigenvalue weighted by atomic mass is 16.6. The lowest BCUT2D eigenvalue weighted by Gasteiger charge is -2.18. The van der Waals surface area contributed by atoms with Gasteiger partial charge in [-0.05, 0) is 25.2 Å². The van der Waals surface area contributed by atoms with Crippen molar-refractivity contribution in [2.24, 2.45) is 5.92 Å². The zero-order chi connectivity index (χ0) is 48.1. The largest absolute Gasteiger partial charge is 0.462 e. The highest BCUT2D eigenvalue weighted by Gasteiger charge is 2.19. The molecule has 0 rings (SSSR count). The maximum atomic E-state index is 12.9. The molecule has 0 aliphatic heterocycles. The molecule has 0 fully saturated rings. The van der Waals surface area contributed by atoms with Crippen LogP contribution in [-0.2, 0) is 28.6 Å². The van der Waals surface area contributed by atoms with Gasteiger partial charge >= 0.3 is 17.9 Å². The quantitative estimate of drug-likeness (QED) is 0.0343. The molecule has 1 atom stereocenters. The minimum atomic E-state index is -0.762. The van der Waals surface area contributed by atoms with Crippen molar-refractivity contribution in [2.75, 3.05) is 13.2 Å². The average molecular weight is 934 g/mol. The molecule has 66 heavy (non-hydrogen) atoms. The van der Waals surface area contributed by atoms with Crippen LogP contribution in [0.1, 0.15) is 342 Å². The van der Waals surface area contributed by atoms with Gasteiger partial charge in [-0.3, -0.25) is 14.4 Å². The number of ether oxygens (including phenoxy) is 3. The van der Waals surface area contributed by atoms with Gasteiger partial charge in [-0.2, -0.15) is 0 Å². The van der Waals surface area contributed by atoms with Gasteiger partial charge in [0.25, 0.3) is 0 Å². The highest BCUT2D eigenvalue weighted by Crippen LogP contribution is 2.18. The summed E-state index contributed by atoms with van der Waals surface area (Å²) >= 11 is 0. The van der Waals surface area contributed by atoms with Crippen LogP contribution in [0.2, 0.25) is 0 Å². The van der Waals surface area contributed by atoms with Gasteiger partial charge < -0.3 is 14.2 Å². The third-order valence-electron chi connectivity index (χ3n) is 13.8. The Labute approximate surface area is 412 Å². The van der Waals surface area contributed by atoms with E-state index in [0.29, 0.717) is 19.3 Å². The Balaban J connectivity index is 4.29. The van der Waals surface area contributed by atoms with Crippen molar-refractivity contribution >= 4 is 17.9 Å². The Hall–Kier alpha value is -1.59. The summed E-state index contributed by atoms with van der Waals surface area (Å²) in [5, 5.41) is 0. The van der Waals surface area contributed by atoms with Gasteiger partial charge in [0, 0.05) is 19.3 Å². The van der Waals surface area contributed by atoms with Gasteiger partial charge in [-0.15, -0.1) is 0 Å². The fraction of sp³-hybridized carbons (Fsp3) is 0.950. The van der Waals surface area contributed by atoms with Gasteiger partial charge in [0.15, 0.2) is 6.10 Å². The van der Waals surface area contributed by atoms with Gasteiger partial charge in [-0.25, -0.2) is 0 Å². The van der Waals surface area contributed by atoms with Crippen LogP contribution in [-0.4, -0.2) is 37.2 Å². The second-order valence-corrected chi connectivity index (χ2v) is 21.1. The number of carbonyl (C=O) groups excluding carboxylic acids is 3. The Morgan fingerprint density at radius 1 is 0.288 bits per heavy atom. The lowest BCUT2D eigenvalue weighted by atomic mass is 10.0. The maximum absolute atomic E-state index is 12.9. The first-order valence-electron chi connectivity index (χ1n) is 29.9. The molecule has 6 nitrogen and oxygen atoms in total. The topological polar surface area (TPSA) is 78.9 Å². The van der Waals surface area contributed by atoms with Crippen molar-refractivity contribution in [1.29, 1.82) is 0 Å². The van der Waals surface area contributed by atoms with E-state index in [1.54, 1.807) is 0 Å². The van der Waals surface area contributed by atoms with Crippen LogP contribution in [0.3, 0.4) is 0 Å². The summed E-state index contributed by atoms with van der Waals surface area (Å²) in [5.74, 6) is 0.0160. The van der Waals surface area contributed by atoms with Crippen molar-refractivity contribution < 1.29 is 28.6 Å². The summed E-state index contributed by atoms with van der Waals surface area (Å²) in [6.45, 7) is 9.08. The van der Waals surface area contributed by atoms with E-state index >= 15 is 0 Å². The molecule has 0 radical (unpaired) electrons. The molecule has 0 unspecified atom stereocenters. The van der Waals surface area contributed by atoms with Crippen molar-refractivity contribution in [2.45, 2.75) is 348 Å². The number of hydrogen-bond donors (Lipinski definition) is 0. The first-order valence-corrected chi connectivity index (χ1v) is 29.9. The molecule has 0 bridgehead atoms. The van der Waals surface area contributed by atoms with E-state index in [2.05, 4.69) is 27.7 Å². The molecule has 0 aromatic carbocycles. The van der Waals surface area contributed by atoms with Crippen molar-refractivity contribution in [3.05, 3.63) is 0 Å². The van der Waals surface area contributed by atoms with E-state index < -0.39 is 6.10 Å². The Kier molecular flexibility index (Phi) is 53.0. The van der Waals surface area contributed by atoms with Crippen molar-refractivity contribution in [3.8, 4) is 0 Å². The minimum Gasteiger partial charge on any atom is -0.462 e. The van der Waals surface area contributed by atoms with E-state index in [1.165, 1.54) is 238 Å². The summed E-state index contributed by atoms with van der Waals surface area (Å²) in [7, 11) is 0. The standard InChI is InChI=1S/C60H116O6/c1-5-7-9-11-13-15-17-19-21-24-28-32-36-40-44-48-52-59(62)65-55-57(54-64-58(61)51-47-43-39-35-31-27-20-18-16-14-12-10-8-6-2)66-60(63)53-49-45-41-37-33-29-25-22-23-26-30-34-38-42-46-50-56(3)4/h56-57H,5-55H2,1-4H3/t57-/m0/s1. The summed E-state index contributed by atoms with van der Waals surface area (Å²) in [6, 6.07) is 0. The molecule has 6 heteroatoms. The Morgan fingerprint density at radius 2 is 0.500 bits per heavy atom. The molecule has 0 aliphatic rings. The van der Waals surface area contributed by atoms with Gasteiger partial charge in [-0.1, -0.05) is 304 Å². The predicted molar refractivity (Wildman–Crippen MR) is 284 cm³/mol. The molecule has 0 aliphatic carbocycles. The first-order chi connectivity index (χ1) is 32.4. The second kappa shape index (κ2) is 54.4. The monoisotopic (exact) mass is 933 g/mol. The van der Waals surface area contributed by atoms with Crippen LogP contribution in [0, 0.1) is 5.92 Å². The van der Waals surface area contributed by atoms with Gasteiger partial charge in [0.05, 0.1) is 0 Å². The average Bonchev–Trinajstić information content (AvgIpc) is 3.30. The molecule has 0 saturated carbocycles. The fourth-order valence-electron chi connectivity index (χ4n) is 9.28. The molecule has 0 N–H and O–H groups in total. The number of rotatable bonds is 55.